The highest BCUT2D eigenvalue weighted by Gasteiger charge is 2.29. The first-order valence-electron chi connectivity index (χ1n) is 8.70. The quantitative estimate of drug-likeness (QED) is 0.737. The van der Waals surface area contributed by atoms with Crippen molar-refractivity contribution in [1.29, 1.82) is 0 Å². The maximum Gasteiger partial charge on any atom is 0.336 e. The fourth-order valence-corrected chi connectivity index (χ4v) is 3.20. The lowest BCUT2D eigenvalue weighted by Gasteiger charge is -2.31. The number of benzene rings is 2. The van der Waals surface area contributed by atoms with E-state index in [1.165, 1.54) is 0 Å². The van der Waals surface area contributed by atoms with Crippen LogP contribution < -0.4 is 9.64 Å². The molecule has 0 radical (unpaired) electrons. The maximum absolute atomic E-state index is 12.7. The minimum atomic E-state index is -0.281. The SMILES string of the molecule is CCOC(=O)C1=C(C)N(c2cccc(OC)c2)C=CC1c1ccccc1. The van der Waals surface area contributed by atoms with Crippen LogP contribution in [0.2, 0.25) is 0 Å². The molecular formula is C22H23NO3. The largest absolute Gasteiger partial charge is 0.497 e. The molecule has 0 aromatic heterocycles. The molecule has 0 saturated carbocycles. The lowest BCUT2D eigenvalue weighted by Crippen LogP contribution is -2.26. The van der Waals surface area contributed by atoms with Crippen LogP contribution in [-0.4, -0.2) is 19.7 Å². The van der Waals surface area contributed by atoms with Crippen LogP contribution in [-0.2, 0) is 9.53 Å². The van der Waals surface area contributed by atoms with Crippen molar-refractivity contribution in [1.82, 2.24) is 0 Å². The van der Waals surface area contributed by atoms with Crippen LogP contribution in [0.25, 0.3) is 0 Å². The zero-order valence-corrected chi connectivity index (χ0v) is 15.3. The molecule has 1 unspecified atom stereocenters. The third kappa shape index (κ3) is 3.49. The molecule has 0 saturated heterocycles. The lowest BCUT2D eigenvalue weighted by atomic mass is 9.87. The van der Waals surface area contributed by atoms with Crippen molar-refractivity contribution < 1.29 is 14.3 Å². The zero-order valence-electron chi connectivity index (χ0n) is 15.3. The van der Waals surface area contributed by atoms with Gasteiger partial charge in [0.25, 0.3) is 0 Å². The van der Waals surface area contributed by atoms with E-state index < -0.39 is 0 Å². The van der Waals surface area contributed by atoms with Gasteiger partial charge in [0.15, 0.2) is 0 Å². The minimum Gasteiger partial charge on any atom is -0.497 e. The average molecular weight is 349 g/mol. The van der Waals surface area contributed by atoms with Crippen LogP contribution in [0, 0.1) is 0 Å². The van der Waals surface area contributed by atoms with Gasteiger partial charge in [-0.3, -0.25) is 0 Å². The Morgan fingerprint density at radius 1 is 1.12 bits per heavy atom. The molecule has 0 amide bonds. The van der Waals surface area contributed by atoms with Gasteiger partial charge in [0.2, 0.25) is 0 Å². The summed E-state index contributed by atoms with van der Waals surface area (Å²) >= 11 is 0. The summed E-state index contributed by atoms with van der Waals surface area (Å²) in [5, 5.41) is 0. The number of anilines is 1. The molecule has 0 aliphatic carbocycles. The van der Waals surface area contributed by atoms with E-state index in [2.05, 4.69) is 0 Å². The summed E-state index contributed by atoms with van der Waals surface area (Å²) in [5.41, 5.74) is 3.51. The molecule has 4 heteroatoms. The van der Waals surface area contributed by atoms with Gasteiger partial charge >= 0.3 is 5.97 Å². The van der Waals surface area contributed by atoms with Gasteiger partial charge in [0.1, 0.15) is 5.75 Å². The molecule has 0 spiro atoms. The Bertz CT molecular complexity index is 839. The molecule has 1 atom stereocenters. The van der Waals surface area contributed by atoms with Crippen molar-refractivity contribution in [2.45, 2.75) is 19.8 Å². The molecule has 134 valence electrons. The normalized spacial score (nSPS) is 16.6. The molecule has 2 aromatic rings. The Morgan fingerprint density at radius 2 is 1.88 bits per heavy atom. The number of esters is 1. The third-order valence-electron chi connectivity index (χ3n) is 4.48. The van der Waals surface area contributed by atoms with Crippen LogP contribution in [0.3, 0.4) is 0 Å². The lowest BCUT2D eigenvalue weighted by molar-refractivity contribution is -0.138. The summed E-state index contributed by atoms with van der Waals surface area (Å²) in [4.78, 5) is 14.7. The predicted octanol–water partition coefficient (Wildman–Crippen LogP) is 4.65. The molecule has 1 heterocycles. The highest BCUT2D eigenvalue weighted by atomic mass is 16.5. The average Bonchev–Trinajstić information content (AvgIpc) is 2.68. The Balaban J connectivity index is 2.06. The van der Waals surface area contributed by atoms with Gasteiger partial charge in [-0.1, -0.05) is 42.5 Å². The van der Waals surface area contributed by atoms with E-state index in [1.54, 1.807) is 7.11 Å². The number of allylic oxidation sites excluding steroid dienone is 2. The predicted molar refractivity (Wildman–Crippen MR) is 103 cm³/mol. The van der Waals surface area contributed by atoms with Crippen molar-refractivity contribution >= 4 is 11.7 Å². The summed E-state index contributed by atoms with van der Waals surface area (Å²) in [5.74, 6) is 0.361. The van der Waals surface area contributed by atoms with Gasteiger partial charge in [-0.2, -0.15) is 0 Å². The van der Waals surface area contributed by atoms with Crippen LogP contribution in [0.15, 0.2) is 78.1 Å². The molecule has 0 fully saturated rings. The highest BCUT2D eigenvalue weighted by molar-refractivity contribution is 5.93. The van der Waals surface area contributed by atoms with Crippen LogP contribution in [0.5, 0.6) is 5.75 Å². The van der Waals surface area contributed by atoms with Gasteiger partial charge in [-0.15, -0.1) is 0 Å². The molecule has 2 aromatic carbocycles. The number of hydrogen-bond acceptors (Lipinski definition) is 4. The summed E-state index contributed by atoms with van der Waals surface area (Å²) in [6, 6.07) is 17.8. The Labute approximate surface area is 154 Å². The number of carbonyl (C=O) groups excluding carboxylic acids is 1. The number of ether oxygens (including phenoxy) is 2. The van der Waals surface area contributed by atoms with E-state index in [4.69, 9.17) is 9.47 Å². The highest BCUT2D eigenvalue weighted by Crippen LogP contribution is 2.37. The molecular weight excluding hydrogens is 326 g/mol. The van der Waals surface area contributed by atoms with Crippen molar-refractivity contribution in [2.75, 3.05) is 18.6 Å². The van der Waals surface area contributed by atoms with E-state index in [-0.39, 0.29) is 11.9 Å². The standard InChI is InChI=1S/C22H23NO3/c1-4-26-22(24)21-16(2)23(18-11-8-12-19(15-18)25-3)14-13-20(21)17-9-6-5-7-10-17/h5-15,20H,4H2,1-3H3. The van der Waals surface area contributed by atoms with Gasteiger partial charge in [0, 0.05) is 29.6 Å². The monoisotopic (exact) mass is 349 g/mol. The van der Waals surface area contributed by atoms with E-state index in [1.807, 2.05) is 85.6 Å². The number of hydrogen-bond donors (Lipinski definition) is 0. The van der Waals surface area contributed by atoms with E-state index in [0.29, 0.717) is 12.2 Å². The van der Waals surface area contributed by atoms with Crippen molar-refractivity contribution in [2.24, 2.45) is 0 Å². The van der Waals surface area contributed by atoms with E-state index in [0.717, 1.165) is 22.7 Å². The topological polar surface area (TPSA) is 38.8 Å². The van der Waals surface area contributed by atoms with Gasteiger partial charge < -0.3 is 14.4 Å². The third-order valence-corrected chi connectivity index (χ3v) is 4.48. The van der Waals surface area contributed by atoms with Gasteiger partial charge in [-0.25, -0.2) is 4.79 Å². The molecule has 26 heavy (non-hydrogen) atoms. The molecule has 0 N–H and O–H groups in total. The number of nitrogens with zero attached hydrogens (tertiary/aromatic N) is 1. The maximum atomic E-state index is 12.7. The Morgan fingerprint density at radius 3 is 2.58 bits per heavy atom. The first kappa shape index (κ1) is 17.8. The fourth-order valence-electron chi connectivity index (χ4n) is 3.20. The molecule has 0 bridgehead atoms. The van der Waals surface area contributed by atoms with Crippen LogP contribution in [0.4, 0.5) is 5.69 Å². The summed E-state index contributed by atoms with van der Waals surface area (Å²) in [7, 11) is 1.64. The van der Waals surface area contributed by atoms with Crippen LogP contribution in [0.1, 0.15) is 25.3 Å². The number of carbonyl (C=O) groups is 1. The summed E-state index contributed by atoms with van der Waals surface area (Å²) in [6.45, 7) is 4.12. The van der Waals surface area contributed by atoms with Crippen molar-refractivity contribution in [3.8, 4) is 5.75 Å². The molecule has 1 aliphatic rings. The second-order valence-electron chi connectivity index (χ2n) is 6.02. The van der Waals surface area contributed by atoms with E-state index in [9.17, 15) is 4.79 Å². The second-order valence-corrected chi connectivity index (χ2v) is 6.02. The van der Waals surface area contributed by atoms with Gasteiger partial charge in [0.05, 0.1) is 19.3 Å². The van der Waals surface area contributed by atoms with Crippen LogP contribution >= 0.6 is 0 Å². The number of methoxy groups -OCH3 is 1. The van der Waals surface area contributed by atoms with Crippen molar-refractivity contribution in [3.63, 3.8) is 0 Å². The molecule has 3 rings (SSSR count). The van der Waals surface area contributed by atoms with Gasteiger partial charge in [-0.05, 0) is 31.5 Å². The first-order valence-corrected chi connectivity index (χ1v) is 8.70. The number of rotatable bonds is 5. The Kier molecular flexibility index (Phi) is 5.42. The summed E-state index contributed by atoms with van der Waals surface area (Å²) in [6.07, 6.45) is 4.04. The second kappa shape index (κ2) is 7.91. The smallest absolute Gasteiger partial charge is 0.336 e. The summed E-state index contributed by atoms with van der Waals surface area (Å²) < 4.78 is 10.7. The minimum absolute atomic E-state index is 0.128. The molecule has 1 aliphatic heterocycles. The fraction of sp³-hybridized carbons (Fsp3) is 0.227. The molecule has 4 nitrogen and oxygen atoms in total. The first-order chi connectivity index (χ1) is 12.7. The van der Waals surface area contributed by atoms with E-state index >= 15 is 0 Å². The zero-order chi connectivity index (χ0) is 18.5. The Hall–Kier alpha value is -3.01. The van der Waals surface area contributed by atoms with Crippen molar-refractivity contribution in [3.05, 3.63) is 83.7 Å².